The predicted molar refractivity (Wildman–Crippen MR) is 72.3 cm³/mol. The Hall–Kier alpha value is 1.28. The molecule has 4 heteroatoms. The SMILES string of the molecule is CC1(C)[C@@H](Br)C[C@H](Cl)/C(=C\CBr)[C@@H]1Cl. The Labute approximate surface area is 113 Å². The summed E-state index contributed by atoms with van der Waals surface area (Å²) in [6.45, 7) is 4.35. The molecule has 1 rings (SSSR count). The second-order valence-corrected chi connectivity index (χ2v) is 6.93. The lowest BCUT2D eigenvalue weighted by Gasteiger charge is -2.43. The zero-order valence-corrected chi connectivity index (χ0v) is 12.9. The molecule has 0 aromatic rings. The van der Waals surface area contributed by atoms with Gasteiger partial charge in [-0.05, 0) is 17.4 Å². The molecule has 0 amide bonds. The van der Waals surface area contributed by atoms with E-state index < -0.39 is 0 Å². The number of rotatable bonds is 1. The lowest BCUT2D eigenvalue weighted by atomic mass is 9.74. The summed E-state index contributed by atoms with van der Waals surface area (Å²) in [6, 6.07) is 0. The molecule has 14 heavy (non-hydrogen) atoms. The molecule has 1 saturated carbocycles. The van der Waals surface area contributed by atoms with Crippen molar-refractivity contribution in [3.05, 3.63) is 11.6 Å². The zero-order chi connectivity index (χ0) is 10.9. The minimum absolute atomic E-state index is 0.0145. The highest BCUT2D eigenvalue weighted by atomic mass is 79.9. The summed E-state index contributed by atoms with van der Waals surface area (Å²) in [7, 11) is 0. The van der Waals surface area contributed by atoms with Crippen LogP contribution in [0.2, 0.25) is 0 Å². The van der Waals surface area contributed by atoms with E-state index in [1.165, 1.54) is 0 Å². The van der Waals surface area contributed by atoms with Crippen molar-refractivity contribution in [1.29, 1.82) is 0 Å². The Morgan fingerprint density at radius 1 is 1.50 bits per heavy atom. The van der Waals surface area contributed by atoms with Crippen molar-refractivity contribution >= 4 is 55.1 Å². The van der Waals surface area contributed by atoms with Crippen LogP contribution in [0.15, 0.2) is 11.6 Å². The summed E-state index contributed by atoms with van der Waals surface area (Å²) >= 11 is 19.8. The molecule has 3 atom stereocenters. The molecule has 0 saturated heterocycles. The average Bonchev–Trinajstić information content (AvgIpc) is 2.10. The van der Waals surface area contributed by atoms with Crippen molar-refractivity contribution in [2.45, 2.75) is 35.8 Å². The summed E-state index contributed by atoms with van der Waals surface area (Å²) in [5, 5.41) is 0.894. The van der Waals surface area contributed by atoms with E-state index in [4.69, 9.17) is 23.2 Å². The van der Waals surface area contributed by atoms with Crippen molar-refractivity contribution in [2.75, 3.05) is 5.33 Å². The molecule has 0 aliphatic heterocycles. The number of alkyl halides is 4. The third kappa shape index (κ3) is 2.50. The Morgan fingerprint density at radius 2 is 2.07 bits per heavy atom. The van der Waals surface area contributed by atoms with Crippen molar-refractivity contribution < 1.29 is 0 Å². The van der Waals surface area contributed by atoms with E-state index in [2.05, 4.69) is 51.8 Å². The van der Waals surface area contributed by atoms with Gasteiger partial charge in [0.1, 0.15) is 0 Å². The number of hydrogen-bond donors (Lipinski definition) is 0. The van der Waals surface area contributed by atoms with Gasteiger partial charge in [-0.25, -0.2) is 0 Å². The first-order valence-electron chi connectivity index (χ1n) is 4.59. The third-order valence-corrected chi connectivity index (χ3v) is 5.96. The molecule has 0 bridgehead atoms. The quantitative estimate of drug-likeness (QED) is 0.466. The second kappa shape index (κ2) is 5.07. The van der Waals surface area contributed by atoms with Gasteiger partial charge in [-0.2, -0.15) is 0 Å². The van der Waals surface area contributed by atoms with Gasteiger partial charge in [-0.3, -0.25) is 0 Å². The molecular formula is C10H14Br2Cl2. The monoisotopic (exact) mass is 362 g/mol. The molecule has 0 N–H and O–H groups in total. The van der Waals surface area contributed by atoms with E-state index in [0.717, 1.165) is 17.3 Å². The van der Waals surface area contributed by atoms with Crippen LogP contribution in [-0.4, -0.2) is 20.9 Å². The van der Waals surface area contributed by atoms with E-state index in [9.17, 15) is 0 Å². The molecule has 1 aliphatic rings. The first kappa shape index (κ1) is 13.3. The molecule has 0 aromatic carbocycles. The molecule has 0 radical (unpaired) electrons. The fourth-order valence-corrected chi connectivity index (χ4v) is 3.92. The van der Waals surface area contributed by atoms with Crippen LogP contribution in [0.3, 0.4) is 0 Å². The minimum atomic E-state index is 0.0145. The fraction of sp³-hybridized carbons (Fsp3) is 0.800. The molecule has 0 heterocycles. The number of halogens is 4. The summed E-state index contributed by atoms with van der Waals surface area (Å²) < 4.78 is 0. The molecule has 0 aromatic heterocycles. The summed E-state index contributed by atoms with van der Waals surface area (Å²) in [5.74, 6) is 0. The Kier molecular flexibility index (Phi) is 4.84. The maximum atomic E-state index is 6.44. The van der Waals surface area contributed by atoms with E-state index in [1.807, 2.05) is 0 Å². The van der Waals surface area contributed by atoms with Gasteiger partial charge in [-0.15, -0.1) is 23.2 Å². The standard InChI is InChI=1S/C10H14Br2Cl2/c1-10(2)8(12)5-7(13)6(3-4-11)9(10)14/h3,7-9H,4-5H2,1-2H3/b6-3+/t7-,8-,9-/m0/s1. The van der Waals surface area contributed by atoms with Crippen molar-refractivity contribution in [3.8, 4) is 0 Å². The van der Waals surface area contributed by atoms with E-state index in [1.54, 1.807) is 0 Å². The number of allylic oxidation sites excluding steroid dienone is 2. The summed E-state index contributed by atoms with van der Waals surface area (Å²) in [5.41, 5.74) is 1.21. The third-order valence-electron chi connectivity index (χ3n) is 2.84. The van der Waals surface area contributed by atoms with Gasteiger partial charge in [0.25, 0.3) is 0 Å². The largest absolute Gasteiger partial charge is 0.118 e. The molecular weight excluding hydrogens is 351 g/mol. The first-order chi connectivity index (χ1) is 6.41. The highest BCUT2D eigenvalue weighted by molar-refractivity contribution is 9.09. The van der Waals surface area contributed by atoms with Crippen LogP contribution >= 0.6 is 55.1 Å². The van der Waals surface area contributed by atoms with E-state index in [0.29, 0.717) is 4.83 Å². The fourth-order valence-electron chi connectivity index (χ4n) is 1.69. The van der Waals surface area contributed by atoms with Crippen LogP contribution in [0, 0.1) is 5.41 Å². The zero-order valence-electron chi connectivity index (χ0n) is 8.24. The second-order valence-electron chi connectivity index (χ2n) is 4.21. The van der Waals surface area contributed by atoms with Crippen molar-refractivity contribution in [2.24, 2.45) is 5.41 Å². The smallest absolute Gasteiger partial charge is 0.0621 e. The van der Waals surface area contributed by atoms with Crippen LogP contribution < -0.4 is 0 Å². The maximum Gasteiger partial charge on any atom is 0.0621 e. The molecule has 82 valence electrons. The molecule has 0 unspecified atom stereocenters. The molecule has 1 fully saturated rings. The van der Waals surface area contributed by atoms with Gasteiger partial charge in [0.15, 0.2) is 0 Å². The van der Waals surface area contributed by atoms with Crippen molar-refractivity contribution in [1.82, 2.24) is 0 Å². The van der Waals surface area contributed by atoms with Crippen LogP contribution in [0.5, 0.6) is 0 Å². The normalized spacial score (nSPS) is 40.1. The highest BCUT2D eigenvalue weighted by Crippen LogP contribution is 2.47. The average molecular weight is 365 g/mol. The molecule has 1 aliphatic carbocycles. The lowest BCUT2D eigenvalue weighted by Crippen LogP contribution is -2.43. The van der Waals surface area contributed by atoms with E-state index >= 15 is 0 Å². The minimum Gasteiger partial charge on any atom is -0.118 e. The van der Waals surface area contributed by atoms with Crippen molar-refractivity contribution in [3.63, 3.8) is 0 Å². The van der Waals surface area contributed by atoms with Crippen LogP contribution in [0.1, 0.15) is 20.3 Å². The van der Waals surface area contributed by atoms with Gasteiger partial charge >= 0.3 is 0 Å². The Balaban J connectivity index is 2.95. The molecule has 0 spiro atoms. The topological polar surface area (TPSA) is 0 Å². The maximum absolute atomic E-state index is 6.44. The van der Waals surface area contributed by atoms with Gasteiger partial charge in [0, 0.05) is 10.2 Å². The van der Waals surface area contributed by atoms with Gasteiger partial charge in [0.2, 0.25) is 0 Å². The Morgan fingerprint density at radius 3 is 2.57 bits per heavy atom. The predicted octanol–water partition coefficient (Wildman–Crippen LogP) is 4.72. The summed E-state index contributed by atoms with van der Waals surface area (Å²) in [6.07, 6.45) is 3.03. The van der Waals surface area contributed by atoms with Gasteiger partial charge in [0.05, 0.1) is 10.8 Å². The Bertz CT molecular complexity index is 238. The highest BCUT2D eigenvalue weighted by Gasteiger charge is 2.44. The molecule has 0 nitrogen and oxygen atoms in total. The lowest BCUT2D eigenvalue weighted by molar-refractivity contribution is 0.315. The van der Waals surface area contributed by atoms with Gasteiger partial charge < -0.3 is 0 Å². The van der Waals surface area contributed by atoms with E-state index in [-0.39, 0.29) is 16.2 Å². The number of hydrogen-bond acceptors (Lipinski definition) is 0. The van der Waals surface area contributed by atoms with Crippen LogP contribution in [0.25, 0.3) is 0 Å². The first-order valence-corrected chi connectivity index (χ1v) is 7.50. The van der Waals surface area contributed by atoms with Crippen LogP contribution in [-0.2, 0) is 0 Å². The summed E-state index contributed by atoms with van der Waals surface area (Å²) in [4.78, 5) is 0.382. The van der Waals surface area contributed by atoms with Gasteiger partial charge in [-0.1, -0.05) is 51.8 Å². The van der Waals surface area contributed by atoms with Crippen LogP contribution in [0.4, 0.5) is 0 Å².